The van der Waals surface area contributed by atoms with Gasteiger partial charge in [0.25, 0.3) is 0 Å². The van der Waals surface area contributed by atoms with E-state index in [2.05, 4.69) is 6.92 Å². The smallest absolute Gasteiger partial charge is 0.379 e. The normalized spacial score (nSPS) is 19.0. The van der Waals surface area contributed by atoms with Crippen molar-refractivity contribution < 1.29 is 22.8 Å². The van der Waals surface area contributed by atoms with Crippen LogP contribution in [0.3, 0.4) is 0 Å². The molecule has 5 nitrogen and oxygen atoms in total. The standard InChI is InChI=1S/C17H36O5Si/c1-5-6-7-8-9-11-17(23(18-2,19-3)20-4)12-10-13-21-14-16-15-22-16/h16-17H,5-15H2,1-4H3. The summed E-state index contributed by atoms with van der Waals surface area (Å²) in [5.41, 5.74) is 0.352. The van der Waals surface area contributed by atoms with Gasteiger partial charge in [0, 0.05) is 33.5 Å². The van der Waals surface area contributed by atoms with E-state index in [-0.39, 0.29) is 0 Å². The SMILES string of the molecule is CCCCCCCC(CCCOCC1CO1)[Si](OC)(OC)OC. The largest absolute Gasteiger partial charge is 0.503 e. The van der Waals surface area contributed by atoms with E-state index in [0.29, 0.717) is 11.6 Å². The van der Waals surface area contributed by atoms with E-state index < -0.39 is 8.80 Å². The summed E-state index contributed by atoms with van der Waals surface area (Å²) < 4.78 is 27.9. The van der Waals surface area contributed by atoms with Crippen LogP contribution in [0.4, 0.5) is 0 Å². The molecule has 2 atom stereocenters. The van der Waals surface area contributed by atoms with Crippen LogP contribution >= 0.6 is 0 Å². The number of ether oxygens (including phenoxy) is 2. The maximum atomic E-state index is 5.72. The van der Waals surface area contributed by atoms with Gasteiger partial charge in [0.1, 0.15) is 6.10 Å². The van der Waals surface area contributed by atoms with Gasteiger partial charge in [-0.05, 0) is 19.3 Å². The molecule has 1 rings (SSSR count). The monoisotopic (exact) mass is 348 g/mol. The fourth-order valence-electron chi connectivity index (χ4n) is 3.05. The van der Waals surface area contributed by atoms with Crippen molar-refractivity contribution >= 4 is 8.80 Å². The molecule has 0 amide bonds. The average molecular weight is 349 g/mol. The third-order valence-electron chi connectivity index (χ3n) is 4.56. The second kappa shape index (κ2) is 12.4. The van der Waals surface area contributed by atoms with Crippen molar-refractivity contribution in [2.24, 2.45) is 0 Å². The Hall–Kier alpha value is 0.0169. The van der Waals surface area contributed by atoms with Crippen LogP contribution in [0, 0.1) is 0 Å². The molecule has 1 saturated heterocycles. The van der Waals surface area contributed by atoms with Crippen molar-refractivity contribution in [3.05, 3.63) is 0 Å². The lowest BCUT2D eigenvalue weighted by Gasteiger charge is -2.32. The Morgan fingerprint density at radius 1 is 0.957 bits per heavy atom. The number of hydrogen-bond donors (Lipinski definition) is 0. The lowest BCUT2D eigenvalue weighted by atomic mass is 10.1. The van der Waals surface area contributed by atoms with Gasteiger partial charge >= 0.3 is 8.80 Å². The van der Waals surface area contributed by atoms with Crippen molar-refractivity contribution in [3.8, 4) is 0 Å². The van der Waals surface area contributed by atoms with Gasteiger partial charge in [-0.15, -0.1) is 0 Å². The van der Waals surface area contributed by atoms with Gasteiger partial charge in [-0.1, -0.05) is 39.0 Å². The Labute approximate surface area is 143 Å². The zero-order valence-electron chi connectivity index (χ0n) is 15.5. The lowest BCUT2D eigenvalue weighted by Crippen LogP contribution is -2.47. The molecule has 0 saturated carbocycles. The van der Waals surface area contributed by atoms with Crippen LogP contribution in [-0.2, 0) is 22.8 Å². The summed E-state index contributed by atoms with van der Waals surface area (Å²) in [5, 5.41) is 0. The topological polar surface area (TPSA) is 49.5 Å². The van der Waals surface area contributed by atoms with Crippen LogP contribution in [0.25, 0.3) is 0 Å². The maximum Gasteiger partial charge on any atom is 0.503 e. The first-order chi connectivity index (χ1) is 11.2. The third kappa shape index (κ3) is 8.09. The minimum atomic E-state index is -2.57. The molecule has 0 spiro atoms. The predicted octanol–water partition coefficient (Wildman–Crippen LogP) is 3.79. The van der Waals surface area contributed by atoms with E-state index in [1.165, 1.54) is 32.1 Å². The van der Waals surface area contributed by atoms with Crippen molar-refractivity contribution in [3.63, 3.8) is 0 Å². The van der Waals surface area contributed by atoms with E-state index in [1.807, 2.05) is 0 Å². The van der Waals surface area contributed by atoms with Crippen molar-refractivity contribution in [2.75, 3.05) is 41.2 Å². The average Bonchev–Trinajstić information content (AvgIpc) is 3.40. The number of hydrogen-bond acceptors (Lipinski definition) is 5. The first-order valence-corrected chi connectivity index (χ1v) is 10.9. The van der Waals surface area contributed by atoms with E-state index in [4.69, 9.17) is 22.8 Å². The first kappa shape index (κ1) is 21.1. The van der Waals surface area contributed by atoms with E-state index in [0.717, 1.165) is 39.1 Å². The summed E-state index contributed by atoms with van der Waals surface area (Å²) in [7, 11) is 2.57. The molecular formula is C17H36O5Si. The molecule has 0 N–H and O–H groups in total. The lowest BCUT2D eigenvalue weighted by molar-refractivity contribution is 0.0958. The summed E-state index contributed by atoms with van der Waals surface area (Å²) in [5.74, 6) is 0. The summed E-state index contributed by atoms with van der Waals surface area (Å²) in [6.07, 6.45) is 9.90. The summed E-state index contributed by atoms with van der Waals surface area (Å²) in [6.45, 7) is 4.60. The van der Waals surface area contributed by atoms with Crippen molar-refractivity contribution in [2.45, 2.75) is 69.9 Å². The molecule has 0 aromatic carbocycles. The van der Waals surface area contributed by atoms with Crippen LogP contribution in [0.2, 0.25) is 5.54 Å². The Kier molecular flexibility index (Phi) is 11.3. The summed E-state index contributed by atoms with van der Waals surface area (Å²) in [4.78, 5) is 0. The van der Waals surface area contributed by atoms with Crippen LogP contribution in [0.5, 0.6) is 0 Å². The molecule has 0 aromatic heterocycles. The summed E-state index contributed by atoms with van der Waals surface area (Å²) >= 11 is 0. The molecule has 2 unspecified atom stereocenters. The van der Waals surface area contributed by atoms with E-state index in [1.54, 1.807) is 21.3 Å². The molecule has 0 aliphatic carbocycles. The molecule has 0 radical (unpaired) electrons. The van der Waals surface area contributed by atoms with E-state index in [9.17, 15) is 0 Å². The highest BCUT2D eigenvalue weighted by atomic mass is 28.4. The molecule has 6 heteroatoms. The van der Waals surface area contributed by atoms with Gasteiger partial charge < -0.3 is 22.8 Å². The quantitative estimate of drug-likeness (QED) is 0.241. The van der Waals surface area contributed by atoms with Crippen LogP contribution in [0.1, 0.15) is 58.3 Å². The highest BCUT2D eigenvalue weighted by Gasteiger charge is 2.46. The molecule has 0 aromatic rings. The number of unbranched alkanes of at least 4 members (excludes halogenated alkanes) is 4. The Morgan fingerprint density at radius 2 is 1.57 bits per heavy atom. The zero-order valence-corrected chi connectivity index (χ0v) is 16.5. The van der Waals surface area contributed by atoms with Crippen LogP contribution < -0.4 is 0 Å². The third-order valence-corrected chi connectivity index (χ3v) is 7.84. The zero-order chi connectivity index (χ0) is 17.0. The number of rotatable bonds is 16. The Balaban J connectivity index is 2.35. The minimum absolute atomic E-state index is 0.342. The number of epoxide rings is 1. The summed E-state index contributed by atoms with van der Waals surface area (Å²) in [6, 6.07) is 0. The highest BCUT2D eigenvalue weighted by molar-refractivity contribution is 6.62. The first-order valence-electron chi connectivity index (χ1n) is 9.07. The molecule has 23 heavy (non-hydrogen) atoms. The molecule has 1 fully saturated rings. The molecule has 138 valence electrons. The predicted molar refractivity (Wildman–Crippen MR) is 93.7 cm³/mol. The molecular weight excluding hydrogens is 312 g/mol. The second-order valence-corrected chi connectivity index (χ2v) is 9.54. The Bertz CT molecular complexity index is 274. The van der Waals surface area contributed by atoms with E-state index >= 15 is 0 Å². The van der Waals surface area contributed by atoms with Gasteiger partial charge in [0.05, 0.1) is 13.2 Å². The minimum Gasteiger partial charge on any atom is -0.379 e. The van der Waals surface area contributed by atoms with Crippen molar-refractivity contribution in [1.82, 2.24) is 0 Å². The van der Waals surface area contributed by atoms with Gasteiger partial charge in [0.2, 0.25) is 0 Å². The molecule has 1 heterocycles. The fraction of sp³-hybridized carbons (Fsp3) is 1.00. The van der Waals surface area contributed by atoms with Crippen LogP contribution in [0.15, 0.2) is 0 Å². The van der Waals surface area contributed by atoms with Gasteiger partial charge in [0.15, 0.2) is 0 Å². The maximum absolute atomic E-state index is 5.72. The van der Waals surface area contributed by atoms with Crippen LogP contribution in [-0.4, -0.2) is 56.1 Å². The van der Waals surface area contributed by atoms with Gasteiger partial charge in [-0.25, -0.2) is 0 Å². The van der Waals surface area contributed by atoms with Gasteiger partial charge in [-0.3, -0.25) is 0 Å². The van der Waals surface area contributed by atoms with Crippen molar-refractivity contribution in [1.29, 1.82) is 0 Å². The highest BCUT2D eigenvalue weighted by Crippen LogP contribution is 2.34. The van der Waals surface area contributed by atoms with Gasteiger partial charge in [-0.2, -0.15) is 0 Å². The fourth-order valence-corrected chi connectivity index (χ4v) is 5.67. The second-order valence-electron chi connectivity index (χ2n) is 6.29. The molecule has 1 aliphatic rings. The molecule has 0 bridgehead atoms. The Morgan fingerprint density at radius 3 is 2.13 bits per heavy atom. The molecule has 1 aliphatic heterocycles.